The molecule has 4 aromatic rings. The molecule has 6 heteroatoms. The Kier molecular flexibility index (Phi) is 4.81. The minimum absolute atomic E-state index is 0.270. The van der Waals surface area contributed by atoms with Gasteiger partial charge in [-0.2, -0.15) is 0 Å². The van der Waals surface area contributed by atoms with E-state index in [-0.39, 0.29) is 11.7 Å². The van der Waals surface area contributed by atoms with Crippen LogP contribution in [0.15, 0.2) is 69.8 Å². The summed E-state index contributed by atoms with van der Waals surface area (Å²) in [6.45, 7) is 0. The Morgan fingerprint density at radius 3 is 2.56 bits per heavy atom. The lowest BCUT2D eigenvalue weighted by molar-refractivity contribution is 0.0995. The van der Waals surface area contributed by atoms with Gasteiger partial charge in [0.05, 0.1) is 11.0 Å². The van der Waals surface area contributed by atoms with E-state index in [1.807, 2.05) is 42.5 Å². The topological polar surface area (TPSA) is 60.1 Å². The molecule has 0 aliphatic rings. The molecule has 4 rings (SSSR count). The van der Waals surface area contributed by atoms with Crippen LogP contribution in [0, 0.1) is 0 Å². The fourth-order valence-electron chi connectivity index (χ4n) is 3.06. The lowest BCUT2D eigenvalue weighted by atomic mass is 10.1. The van der Waals surface area contributed by atoms with Crippen molar-refractivity contribution in [1.82, 2.24) is 9.55 Å². The van der Waals surface area contributed by atoms with Gasteiger partial charge >= 0.3 is 0 Å². The molecule has 0 saturated heterocycles. The Bertz CT molecular complexity index is 1100. The first-order chi connectivity index (χ1) is 13.1. The van der Waals surface area contributed by atoms with Gasteiger partial charge in [-0.05, 0) is 64.3 Å². The van der Waals surface area contributed by atoms with Crippen LogP contribution in [0.2, 0.25) is 0 Å². The first kappa shape index (κ1) is 17.5. The number of halogens is 1. The maximum atomic E-state index is 12.1. The van der Waals surface area contributed by atoms with E-state index in [2.05, 4.69) is 38.9 Å². The second-order valence-corrected chi connectivity index (χ2v) is 7.11. The molecular weight excluding hydrogens is 406 g/mol. The highest BCUT2D eigenvalue weighted by Crippen LogP contribution is 2.18. The Morgan fingerprint density at radius 2 is 1.85 bits per heavy atom. The van der Waals surface area contributed by atoms with Crippen LogP contribution >= 0.6 is 15.9 Å². The van der Waals surface area contributed by atoms with E-state index in [4.69, 9.17) is 9.40 Å². The third-order valence-electron chi connectivity index (χ3n) is 4.53. The highest BCUT2D eigenvalue weighted by molar-refractivity contribution is 9.10. The molecule has 0 saturated carbocycles. The number of rotatable bonds is 5. The molecule has 136 valence electrons. The zero-order valence-electron chi connectivity index (χ0n) is 14.8. The van der Waals surface area contributed by atoms with Crippen molar-refractivity contribution in [3.05, 3.63) is 82.5 Å². The number of para-hydroxylation sites is 2. The molecule has 1 amide bonds. The van der Waals surface area contributed by atoms with Crippen molar-refractivity contribution in [2.24, 2.45) is 7.05 Å². The molecule has 2 heterocycles. The van der Waals surface area contributed by atoms with Crippen molar-refractivity contribution in [3.63, 3.8) is 0 Å². The number of imidazole rings is 1. The Hall–Kier alpha value is -2.86. The minimum atomic E-state index is -0.270. The summed E-state index contributed by atoms with van der Waals surface area (Å²) in [6.07, 6.45) is 1.74. The average molecular weight is 424 g/mol. The van der Waals surface area contributed by atoms with Crippen molar-refractivity contribution < 1.29 is 9.21 Å². The number of hydrogen-bond acceptors (Lipinski definition) is 3. The van der Waals surface area contributed by atoms with Crippen LogP contribution in [0.5, 0.6) is 0 Å². The van der Waals surface area contributed by atoms with Crippen LogP contribution in [0.25, 0.3) is 11.0 Å². The van der Waals surface area contributed by atoms with Crippen LogP contribution in [-0.4, -0.2) is 15.5 Å². The van der Waals surface area contributed by atoms with Gasteiger partial charge in [0.1, 0.15) is 5.82 Å². The fourth-order valence-corrected chi connectivity index (χ4v) is 3.37. The van der Waals surface area contributed by atoms with Gasteiger partial charge in [-0.15, -0.1) is 0 Å². The summed E-state index contributed by atoms with van der Waals surface area (Å²) in [5, 5.41) is 2.83. The SMILES string of the molecule is Cn1c(CCc2ccc(NC(=O)c3ccc(Br)o3)cc2)nc2ccccc21. The molecule has 2 aromatic carbocycles. The lowest BCUT2D eigenvalue weighted by Gasteiger charge is -2.06. The van der Waals surface area contributed by atoms with Crippen LogP contribution in [0.1, 0.15) is 21.9 Å². The molecule has 0 fully saturated rings. The number of nitrogens with zero attached hydrogens (tertiary/aromatic N) is 2. The van der Waals surface area contributed by atoms with E-state index in [9.17, 15) is 4.79 Å². The van der Waals surface area contributed by atoms with Crippen molar-refractivity contribution in [3.8, 4) is 0 Å². The predicted octanol–water partition coefficient (Wildman–Crippen LogP) is 4.97. The van der Waals surface area contributed by atoms with E-state index in [1.165, 1.54) is 5.56 Å². The number of nitrogens with one attached hydrogen (secondary N) is 1. The van der Waals surface area contributed by atoms with Crippen LogP contribution in [0.4, 0.5) is 5.69 Å². The molecule has 0 spiro atoms. The van der Waals surface area contributed by atoms with Gasteiger partial charge in [-0.3, -0.25) is 4.79 Å². The largest absolute Gasteiger partial charge is 0.444 e. The fraction of sp³-hybridized carbons (Fsp3) is 0.143. The normalized spacial score (nSPS) is 11.0. The Labute approximate surface area is 165 Å². The summed E-state index contributed by atoms with van der Waals surface area (Å²) in [4.78, 5) is 16.8. The Morgan fingerprint density at radius 1 is 1.07 bits per heavy atom. The number of benzene rings is 2. The summed E-state index contributed by atoms with van der Waals surface area (Å²) in [7, 11) is 2.05. The molecule has 0 unspecified atom stereocenters. The lowest BCUT2D eigenvalue weighted by Crippen LogP contribution is -2.10. The third-order valence-corrected chi connectivity index (χ3v) is 4.95. The number of aromatic nitrogens is 2. The minimum Gasteiger partial charge on any atom is -0.444 e. The molecule has 2 aromatic heterocycles. The second kappa shape index (κ2) is 7.40. The zero-order chi connectivity index (χ0) is 18.8. The van der Waals surface area contributed by atoms with Crippen LogP contribution < -0.4 is 5.32 Å². The molecular formula is C21H18BrN3O2. The first-order valence-corrected chi connectivity index (χ1v) is 9.45. The van der Waals surface area contributed by atoms with Crippen molar-refractivity contribution in [2.45, 2.75) is 12.8 Å². The highest BCUT2D eigenvalue weighted by Gasteiger charge is 2.11. The predicted molar refractivity (Wildman–Crippen MR) is 109 cm³/mol. The molecule has 0 aliphatic carbocycles. The van der Waals surface area contributed by atoms with Crippen LogP contribution in [-0.2, 0) is 19.9 Å². The van der Waals surface area contributed by atoms with Gasteiger partial charge in [-0.25, -0.2) is 4.98 Å². The summed E-state index contributed by atoms with van der Waals surface area (Å²) in [6, 6.07) is 19.3. The van der Waals surface area contributed by atoms with Gasteiger partial charge in [0, 0.05) is 19.2 Å². The van der Waals surface area contributed by atoms with E-state index in [0.29, 0.717) is 4.67 Å². The van der Waals surface area contributed by atoms with E-state index < -0.39 is 0 Å². The maximum Gasteiger partial charge on any atom is 0.291 e. The number of carbonyl (C=O) groups is 1. The van der Waals surface area contributed by atoms with Gasteiger partial charge in [0.15, 0.2) is 10.4 Å². The number of furan rings is 1. The number of anilines is 1. The standard InChI is InChI=1S/C21H18BrN3O2/c1-25-17-5-3-2-4-16(17)24-20(25)13-8-14-6-9-15(10-7-14)23-21(26)18-11-12-19(22)27-18/h2-7,9-12H,8,13H2,1H3,(H,23,26). The number of fused-ring (bicyclic) bond motifs is 1. The third kappa shape index (κ3) is 3.80. The molecule has 0 atom stereocenters. The number of amides is 1. The molecule has 1 N–H and O–H groups in total. The van der Waals surface area contributed by atoms with Gasteiger partial charge in [-0.1, -0.05) is 24.3 Å². The number of hydrogen-bond donors (Lipinski definition) is 1. The second-order valence-electron chi connectivity index (χ2n) is 6.33. The Balaban J connectivity index is 1.40. The summed E-state index contributed by atoms with van der Waals surface area (Å²) < 4.78 is 7.94. The molecule has 27 heavy (non-hydrogen) atoms. The van der Waals surface area contributed by atoms with E-state index in [0.717, 1.165) is 35.4 Å². The smallest absolute Gasteiger partial charge is 0.291 e. The summed E-state index contributed by atoms with van der Waals surface area (Å²) >= 11 is 3.19. The van der Waals surface area contributed by atoms with Crippen molar-refractivity contribution in [1.29, 1.82) is 0 Å². The van der Waals surface area contributed by atoms with E-state index in [1.54, 1.807) is 12.1 Å². The summed E-state index contributed by atoms with van der Waals surface area (Å²) in [5.74, 6) is 1.07. The first-order valence-electron chi connectivity index (χ1n) is 8.66. The van der Waals surface area contributed by atoms with Gasteiger partial charge < -0.3 is 14.3 Å². The monoisotopic (exact) mass is 423 g/mol. The summed E-state index contributed by atoms with van der Waals surface area (Å²) in [5.41, 5.74) is 4.10. The number of aryl methyl sites for hydroxylation is 3. The molecule has 5 nitrogen and oxygen atoms in total. The van der Waals surface area contributed by atoms with Gasteiger partial charge in [0.25, 0.3) is 5.91 Å². The molecule has 0 radical (unpaired) electrons. The molecule has 0 aliphatic heterocycles. The number of carbonyl (C=O) groups excluding carboxylic acids is 1. The van der Waals surface area contributed by atoms with Crippen molar-refractivity contribution >= 4 is 38.6 Å². The zero-order valence-corrected chi connectivity index (χ0v) is 16.4. The maximum absolute atomic E-state index is 12.1. The van der Waals surface area contributed by atoms with Crippen molar-refractivity contribution in [2.75, 3.05) is 5.32 Å². The molecule has 0 bridgehead atoms. The quantitative estimate of drug-likeness (QED) is 0.492. The van der Waals surface area contributed by atoms with Gasteiger partial charge in [0.2, 0.25) is 0 Å². The van der Waals surface area contributed by atoms with E-state index >= 15 is 0 Å². The average Bonchev–Trinajstić information content (AvgIpc) is 3.25. The highest BCUT2D eigenvalue weighted by atomic mass is 79.9. The van der Waals surface area contributed by atoms with Crippen LogP contribution in [0.3, 0.4) is 0 Å².